The van der Waals surface area contributed by atoms with Crippen molar-refractivity contribution < 1.29 is 8.83 Å². The molecule has 47 heavy (non-hydrogen) atoms. The van der Waals surface area contributed by atoms with Crippen molar-refractivity contribution in [3.8, 4) is 11.1 Å². The van der Waals surface area contributed by atoms with Crippen molar-refractivity contribution in [2.45, 2.75) is 0 Å². The third-order valence-electron chi connectivity index (χ3n) is 9.44. The number of anilines is 3. The second-order valence-electron chi connectivity index (χ2n) is 12.0. The Morgan fingerprint density at radius 1 is 0.362 bits per heavy atom. The largest absolute Gasteiger partial charge is 0.456 e. The lowest BCUT2D eigenvalue weighted by molar-refractivity contribution is 0.668. The summed E-state index contributed by atoms with van der Waals surface area (Å²) in [5.74, 6) is 0. The summed E-state index contributed by atoms with van der Waals surface area (Å²) in [7, 11) is 0. The summed E-state index contributed by atoms with van der Waals surface area (Å²) in [6.07, 6.45) is 0. The van der Waals surface area contributed by atoms with Gasteiger partial charge < -0.3 is 13.7 Å². The molecule has 0 spiro atoms. The molecule has 0 amide bonds. The molecule has 10 rings (SSSR count). The van der Waals surface area contributed by atoms with E-state index in [-0.39, 0.29) is 0 Å². The van der Waals surface area contributed by atoms with Crippen LogP contribution in [0.4, 0.5) is 17.1 Å². The summed E-state index contributed by atoms with van der Waals surface area (Å²) >= 11 is 0. The predicted octanol–water partition coefficient (Wildman–Crippen LogP) is 12.9. The second kappa shape index (κ2) is 10.1. The SMILES string of the molecule is c1ccc(-c2ccc(N(c3cc4ccccc4c4ccccc34)c3cccc4oc5ccccc5c34)c3oc4ccccc4c23)cc1. The highest BCUT2D eigenvalue weighted by Gasteiger charge is 2.26. The maximum absolute atomic E-state index is 6.89. The van der Waals surface area contributed by atoms with E-state index >= 15 is 0 Å². The van der Waals surface area contributed by atoms with Gasteiger partial charge in [-0.05, 0) is 63.7 Å². The van der Waals surface area contributed by atoms with Gasteiger partial charge in [0.15, 0.2) is 5.58 Å². The molecule has 3 heteroatoms. The minimum atomic E-state index is 0.842. The first-order valence-corrected chi connectivity index (χ1v) is 15.9. The molecule has 0 radical (unpaired) electrons. The molecule has 0 bridgehead atoms. The lowest BCUT2D eigenvalue weighted by atomic mass is 9.96. The van der Waals surface area contributed by atoms with Crippen LogP contribution in [-0.2, 0) is 0 Å². The van der Waals surface area contributed by atoms with Crippen LogP contribution >= 0.6 is 0 Å². The van der Waals surface area contributed by atoms with Crippen LogP contribution in [0.1, 0.15) is 0 Å². The van der Waals surface area contributed by atoms with Crippen LogP contribution in [0.3, 0.4) is 0 Å². The maximum atomic E-state index is 6.89. The number of benzene rings is 8. The Balaban J connectivity index is 1.39. The van der Waals surface area contributed by atoms with Crippen LogP contribution in [0.25, 0.3) is 76.5 Å². The van der Waals surface area contributed by atoms with Gasteiger partial charge in [0.2, 0.25) is 0 Å². The van der Waals surface area contributed by atoms with Crippen LogP contribution in [0.15, 0.2) is 173 Å². The zero-order chi connectivity index (χ0) is 30.9. The Morgan fingerprint density at radius 3 is 1.79 bits per heavy atom. The van der Waals surface area contributed by atoms with Crippen LogP contribution in [0.2, 0.25) is 0 Å². The van der Waals surface area contributed by atoms with Gasteiger partial charge in [0.25, 0.3) is 0 Å². The van der Waals surface area contributed by atoms with Gasteiger partial charge in [-0.25, -0.2) is 0 Å². The minimum absolute atomic E-state index is 0.842. The normalized spacial score (nSPS) is 11.8. The molecule has 3 nitrogen and oxygen atoms in total. The number of furan rings is 2. The zero-order valence-electron chi connectivity index (χ0n) is 25.4. The molecule has 0 unspecified atom stereocenters. The van der Waals surface area contributed by atoms with E-state index in [1.165, 1.54) is 16.2 Å². The fraction of sp³-hybridized carbons (Fsp3) is 0. The molecule has 0 aliphatic rings. The number of rotatable bonds is 4. The Labute approximate surface area is 270 Å². The van der Waals surface area contributed by atoms with E-state index in [1.54, 1.807) is 0 Å². The average molecular weight is 602 g/mol. The molecule has 0 atom stereocenters. The molecule has 10 aromatic rings. The van der Waals surface area contributed by atoms with Crippen LogP contribution in [-0.4, -0.2) is 0 Å². The standard InChI is InChI=1S/C44H27NO2/c1-2-13-28(14-3-1)31-25-26-37(44-42(31)34-19-8-11-23-40(34)47-44)45(36-21-12-24-41-43(36)35-20-9-10-22-39(35)46-41)38-27-29-15-4-5-16-30(29)32-17-6-7-18-33(32)38/h1-27H. The molecule has 220 valence electrons. The van der Waals surface area contributed by atoms with Gasteiger partial charge in [-0.2, -0.15) is 0 Å². The zero-order valence-corrected chi connectivity index (χ0v) is 25.4. The van der Waals surface area contributed by atoms with E-state index in [0.29, 0.717) is 0 Å². The number of hydrogen-bond acceptors (Lipinski definition) is 3. The van der Waals surface area contributed by atoms with Crippen molar-refractivity contribution in [2.24, 2.45) is 0 Å². The Hall–Kier alpha value is -6.32. The summed E-state index contributed by atoms with van der Waals surface area (Å²) in [6, 6.07) is 57.7. The van der Waals surface area contributed by atoms with Gasteiger partial charge in [0.05, 0.1) is 22.4 Å². The van der Waals surface area contributed by atoms with Gasteiger partial charge in [0, 0.05) is 21.5 Å². The number of fused-ring (bicyclic) bond motifs is 9. The molecule has 0 saturated heterocycles. The highest BCUT2D eigenvalue weighted by Crippen LogP contribution is 2.50. The minimum Gasteiger partial charge on any atom is -0.456 e. The molecule has 2 heterocycles. The van der Waals surface area contributed by atoms with E-state index in [9.17, 15) is 0 Å². The molecule has 0 aliphatic heterocycles. The second-order valence-corrected chi connectivity index (χ2v) is 12.0. The summed E-state index contributed by atoms with van der Waals surface area (Å²) in [5.41, 5.74) is 8.79. The average Bonchev–Trinajstić information content (AvgIpc) is 3.72. The highest BCUT2D eigenvalue weighted by molar-refractivity contribution is 6.22. The summed E-state index contributed by atoms with van der Waals surface area (Å²) in [4.78, 5) is 2.39. The monoisotopic (exact) mass is 601 g/mol. The fourth-order valence-corrected chi connectivity index (χ4v) is 7.40. The van der Waals surface area contributed by atoms with Gasteiger partial charge in [0.1, 0.15) is 16.7 Å². The molecule has 0 fully saturated rings. The van der Waals surface area contributed by atoms with E-state index in [4.69, 9.17) is 8.83 Å². The molecular weight excluding hydrogens is 574 g/mol. The van der Waals surface area contributed by atoms with Crippen LogP contribution in [0, 0.1) is 0 Å². The van der Waals surface area contributed by atoms with Crippen molar-refractivity contribution >= 4 is 82.5 Å². The van der Waals surface area contributed by atoms with Gasteiger partial charge in [-0.1, -0.05) is 127 Å². The Kier molecular flexibility index (Phi) is 5.57. The Bertz CT molecular complexity index is 2810. The lowest BCUT2D eigenvalue weighted by Gasteiger charge is -2.28. The number of para-hydroxylation sites is 2. The number of nitrogens with zero attached hydrogens (tertiary/aromatic N) is 1. The van der Waals surface area contributed by atoms with E-state index in [2.05, 4.69) is 150 Å². The molecule has 0 aliphatic carbocycles. The number of hydrogen-bond donors (Lipinski definition) is 0. The predicted molar refractivity (Wildman–Crippen MR) is 196 cm³/mol. The van der Waals surface area contributed by atoms with E-state index in [0.717, 1.165) is 77.5 Å². The first-order chi connectivity index (χ1) is 23.3. The first kappa shape index (κ1) is 26.0. The van der Waals surface area contributed by atoms with Gasteiger partial charge in [-0.3, -0.25) is 0 Å². The van der Waals surface area contributed by atoms with Gasteiger partial charge in [-0.15, -0.1) is 0 Å². The quantitative estimate of drug-likeness (QED) is 0.188. The van der Waals surface area contributed by atoms with E-state index in [1.807, 2.05) is 18.2 Å². The summed E-state index contributed by atoms with van der Waals surface area (Å²) < 4.78 is 13.3. The molecular formula is C44H27NO2. The van der Waals surface area contributed by atoms with Crippen LogP contribution < -0.4 is 4.90 Å². The van der Waals surface area contributed by atoms with Crippen molar-refractivity contribution in [1.82, 2.24) is 0 Å². The van der Waals surface area contributed by atoms with Crippen molar-refractivity contribution in [2.75, 3.05) is 4.90 Å². The maximum Gasteiger partial charge on any atom is 0.160 e. The lowest BCUT2D eigenvalue weighted by Crippen LogP contribution is -2.11. The topological polar surface area (TPSA) is 29.5 Å². The first-order valence-electron chi connectivity index (χ1n) is 15.9. The van der Waals surface area contributed by atoms with Crippen molar-refractivity contribution in [1.29, 1.82) is 0 Å². The summed E-state index contributed by atoms with van der Waals surface area (Å²) in [5, 5.41) is 9.11. The fourth-order valence-electron chi connectivity index (χ4n) is 7.40. The smallest absolute Gasteiger partial charge is 0.160 e. The van der Waals surface area contributed by atoms with E-state index < -0.39 is 0 Å². The molecule has 8 aromatic carbocycles. The van der Waals surface area contributed by atoms with Crippen molar-refractivity contribution in [3.63, 3.8) is 0 Å². The van der Waals surface area contributed by atoms with Gasteiger partial charge >= 0.3 is 0 Å². The molecule has 2 aromatic heterocycles. The highest BCUT2D eigenvalue weighted by atomic mass is 16.3. The third-order valence-corrected chi connectivity index (χ3v) is 9.44. The van der Waals surface area contributed by atoms with Crippen LogP contribution in [0.5, 0.6) is 0 Å². The molecule has 0 N–H and O–H groups in total. The van der Waals surface area contributed by atoms with Crippen molar-refractivity contribution in [3.05, 3.63) is 164 Å². The molecule has 0 saturated carbocycles. The summed E-state index contributed by atoms with van der Waals surface area (Å²) in [6.45, 7) is 0. The Morgan fingerprint density at radius 2 is 0.979 bits per heavy atom. The third kappa shape index (κ3) is 3.87.